The van der Waals surface area contributed by atoms with Crippen molar-refractivity contribution < 1.29 is 9.59 Å². The van der Waals surface area contributed by atoms with Crippen molar-refractivity contribution in [3.05, 3.63) is 108 Å². The number of hydrogen-bond donors (Lipinski definition) is 2. The summed E-state index contributed by atoms with van der Waals surface area (Å²) < 4.78 is -0.508. The van der Waals surface area contributed by atoms with Crippen LogP contribution in [0.4, 0.5) is 0 Å². The van der Waals surface area contributed by atoms with Crippen LogP contribution in [0, 0.1) is 0 Å². The Morgan fingerprint density at radius 3 is 1.66 bits per heavy atom. The molecule has 0 aliphatic carbocycles. The van der Waals surface area contributed by atoms with Crippen LogP contribution in [0.1, 0.15) is 16.7 Å². The van der Waals surface area contributed by atoms with Crippen LogP contribution < -0.4 is 10.6 Å². The Labute approximate surface area is 174 Å². The van der Waals surface area contributed by atoms with Gasteiger partial charge in [-0.05, 0) is 16.7 Å². The maximum absolute atomic E-state index is 12.3. The third kappa shape index (κ3) is 3.91. The largest absolute Gasteiger partial charge is 0.345 e. The van der Waals surface area contributed by atoms with Crippen molar-refractivity contribution in [3.8, 4) is 0 Å². The lowest BCUT2D eigenvalue weighted by atomic mass is 9.84. The number of nitrogens with one attached hydrogen (secondary N) is 2. The molecule has 4 rings (SSSR count). The molecule has 0 spiro atoms. The molecule has 29 heavy (non-hydrogen) atoms. The first-order valence-electron chi connectivity index (χ1n) is 9.58. The van der Waals surface area contributed by atoms with Crippen LogP contribution in [0.25, 0.3) is 0 Å². The molecule has 1 saturated heterocycles. The molecule has 2 N–H and O–H groups in total. The lowest BCUT2D eigenvalue weighted by Crippen LogP contribution is -2.57. The van der Waals surface area contributed by atoms with Gasteiger partial charge in [-0.1, -0.05) is 91.0 Å². The second-order valence-electron chi connectivity index (χ2n) is 6.93. The number of rotatable bonds is 6. The fourth-order valence-corrected chi connectivity index (χ4v) is 5.26. The third-order valence-electron chi connectivity index (χ3n) is 5.08. The highest BCUT2D eigenvalue weighted by atomic mass is 32.2. The van der Waals surface area contributed by atoms with E-state index in [2.05, 4.69) is 47.0 Å². The molecule has 0 unspecified atom stereocenters. The minimum atomic E-state index is -0.559. The smallest absolute Gasteiger partial charge is 0.243 e. The Hall–Kier alpha value is -3.05. The Kier molecular flexibility index (Phi) is 5.67. The lowest BCUT2D eigenvalue weighted by molar-refractivity contribution is -0.133. The number of hydrogen-bond acceptors (Lipinski definition) is 3. The van der Waals surface area contributed by atoms with E-state index in [0.717, 1.165) is 16.7 Å². The van der Waals surface area contributed by atoms with Crippen LogP contribution in [-0.4, -0.2) is 30.2 Å². The van der Waals surface area contributed by atoms with Crippen LogP contribution >= 0.6 is 11.8 Å². The summed E-state index contributed by atoms with van der Waals surface area (Å²) in [5.74, 6) is 0.163. The van der Waals surface area contributed by atoms with Crippen LogP contribution in [0.15, 0.2) is 91.0 Å². The summed E-state index contributed by atoms with van der Waals surface area (Å²) in [6.45, 7) is 0.0429. The molecule has 0 saturated carbocycles. The van der Waals surface area contributed by atoms with Gasteiger partial charge in [-0.3, -0.25) is 9.59 Å². The Morgan fingerprint density at radius 2 is 1.21 bits per heavy atom. The van der Waals surface area contributed by atoms with Gasteiger partial charge in [0, 0.05) is 5.75 Å². The summed E-state index contributed by atoms with van der Waals surface area (Å²) in [4.78, 5) is 24.1. The summed E-state index contributed by atoms with van der Waals surface area (Å²) in [6.07, 6.45) is 0. The minimum Gasteiger partial charge on any atom is -0.345 e. The van der Waals surface area contributed by atoms with Crippen LogP contribution in [0.3, 0.4) is 0 Å². The van der Waals surface area contributed by atoms with E-state index in [-0.39, 0.29) is 18.4 Å². The van der Waals surface area contributed by atoms with E-state index in [1.807, 2.05) is 54.6 Å². The zero-order valence-corrected chi connectivity index (χ0v) is 16.7. The molecular weight excluding hydrogens is 380 g/mol. The van der Waals surface area contributed by atoms with E-state index in [1.54, 1.807) is 11.8 Å². The second kappa shape index (κ2) is 8.53. The van der Waals surface area contributed by atoms with Crippen LogP contribution in [0.2, 0.25) is 0 Å². The first kappa shape index (κ1) is 19.3. The molecule has 0 radical (unpaired) electrons. The van der Waals surface area contributed by atoms with Crippen molar-refractivity contribution in [3.63, 3.8) is 0 Å². The van der Waals surface area contributed by atoms with E-state index in [9.17, 15) is 9.59 Å². The number of piperazine rings is 1. The normalized spacial score (nSPS) is 16.8. The first-order valence-corrected chi connectivity index (χ1v) is 10.6. The number of carbonyl (C=O) groups excluding carboxylic acids is 2. The predicted molar refractivity (Wildman–Crippen MR) is 117 cm³/mol. The fourth-order valence-electron chi connectivity index (χ4n) is 3.70. The SMILES string of the molecule is O=C1CNC(=O)[C@H](CSC(c2ccccc2)(c2ccccc2)c2ccccc2)N1. The van der Waals surface area contributed by atoms with Crippen molar-refractivity contribution in [1.82, 2.24) is 10.6 Å². The molecule has 2 amide bonds. The number of carbonyl (C=O) groups is 2. The summed E-state index contributed by atoms with van der Waals surface area (Å²) in [6, 6.07) is 30.4. The van der Waals surface area contributed by atoms with Gasteiger partial charge in [0.15, 0.2) is 0 Å². The molecule has 3 aromatic rings. The highest BCUT2D eigenvalue weighted by Crippen LogP contribution is 2.48. The minimum absolute atomic E-state index is 0.0429. The highest BCUT2D eigenvalue weighted by Gasteiger charge is 2.39. The van der Waals surface area contributed by atoms with E-state index >= 15 is 0 Å². The zero-order chi connectivity index (χ0) is 20.1. The molecule has 4 nitrogen and oxygen atoms in total. The quantitative estimate of drug-likeness (QED) is 0.622. The molecule has 1 fully saturated rings. The van der Waals surface area contributed by atoms with Gasteiger partial charge < -0.3 is 10.6 Å². The Balaban J connectivity index is 1.81. The molecule has 1 atom stereocenters. The summed E-state index contributed by atoms with van der Waals surface area (Å²) in [7, 11) is 0. The molecule has 0 aromatic heterocycles. The van der Waals surface area contributed by atoms with Gasteiger partial charge in [-0.25, -0.2) is 0 Å². The summed E-state index contributed by atoms with van der Waals surface area (Å²) in [5.41, 5.74) is 3.39. The monoisotopic (exact) mass is 402 g/mol. The van der Waals surface area contributed by atoms with E-state index in [1.165, 1.54) is 0 Å². The molecule has 1 aliphatic heterocycles. The van der Waals surface area contributed by atoms with Crippen molar-refractivity contribution in [2.75, 3.05) is 12.3 Å². The zero-order valence-electron chi connectivity index (χ0n) is 15.9. The van der Waals surface area contributed by atoms with Crippen LogP contribution in [-0.2, 0) is 14.3 Å². The lowest BCUT2D eigenvalue weighted by Gasteiger charge is -2.37. The Morgan fingerprint density at radius 1 is 0.759 bits per heavy atom. The van der Waals surface area contributed by atoms with E-state index < -0.39 is 10.8 Å². The molecule has 0 bridgehead atoms. The number of thioether (sulfide) groups is 1. The van der Waals surface area contributed by atoms with Gasteiger partial charge >= 0.3 is 0 Å². The third-order valence-corrected chi connectivity index (χ3v) is 6.72. The molecule has 1 aliphatic rings. The first-order chi connectivity index (χ1) is 14.2. The van der Waals surface area contributed by atoms with Gasteiger partial charge in [-0.2, -0.15) is 0 Å². The maximum Gasteiger partial charge on any atom is 0.243 e. The van der Waals surface area contributed by atoms with E-state index in [4.69, 9.17) is 0 Å². The predicted octanol–water partition coefficient (Wildman–Crippen LogP) is 3.33. The van der Waals surface area contributed by atoms with Gasteiger partial charge in [0.05, 0.1) is 11.3 Å². The molecular formula is C24H22N2O2S. The van der Waals surface area contributed by atoms with Crippen LogP contribution in [0.5, 0.6) is 0 Å². The average molecular weight is 403 g/mol. The van der Waals surface area contributed by atoms with Gasteiger partial charge in [0.25, 0.3) is 0 Å². The van der Waals surface area contributed by atoms with Gasteiger partial charge in [-0.15, -0.1) is 11.8 Å². The van der Waals surface area contributed by atoms with Gasteiger partial charge in [0.2, 0.25) is 11.8 Å². The number of benzene rings is 3. The topological polar surface area (TPSA) is 58.2 Å². The van der Waals surface area contributed by atoms with Gasteiger partial charge in [0.1, 0.15) is 6.04 Å². The number of amides is 2. The summed E-state index contributed by atoms with van der Waals surface area (Å²) in [5, 5.41) is 5.49. The fraction of sp³-hybridized carbons (Fsp3) is 0.167. The molecule has 146 valence electrons. The Bertz CT molecular complexity index is 881. The van der Waals surface area contributed by atoms with Crippen molar-refractivity contribution in [2.45, 2.75) is 10.8 Å². The standard InChI is InChI=1S/C24H22N2O2S/c27-22-16-25-23(28)21(26-22)17-29-24(18-10-4-1-5-11-18,19-12-6-2-7-13-19)20-14-8-3-9-15-20/h1-15,21H,16-17H2,(H,25,28)(H,26,27)/t21-/m0/s1. The van der Waals surface area contributed by atoms with Crippen molar-refractivity contribution >= 4 is 23.6 Å². The maximum atomic E-state index is 12.3. The molecule has 1 heterocycles. The highest BCUT2D eigenvalue weighted by molar-refractivity contribution is 8.00. The average Bonchev–Trinajstić information content (AvgIpc) is 2.79. The molecule has 3 aromatic carbocycles. The van der Waals surface area contributed by atoms with E-state index in [0.29, 0.717) is 5.75 Å². The van der Waals surface area contributed by atoms with Crippen molar-refractivity contribution in [2.24, 2.45) is 0 Å². The second-order valence-corrected chi connectivity index (χ2v) is 8.16. The molecule has 5 heteroatoms. The summed E-state index contributed by atoms with van der Waals surface area (Å²) >= 11 is 1.67. The van der Waals surface area contributed by atoms with Crippen molar-refractivity contribution in [1.29, 1.82) is 0 Å².